The van der Waals surface area contributed by atoms with Crippen molar-refractivity contribution in [3.63, 3.8) is 0 Å². The molecule has 0 spiro atoms. The summed E-state index contributed by atoms with van der Waals surface area (Å²) >= 11 is 0. The SMILES string of the molecule is C=C[C@H]1C[C@@H](O)[C@H](OC)[C@@H](CO[Si](c2ccccc2)(c2ccccc2)C(C)(C)C)[C@H]1C=O. The fraction of sp³-hybridized carbons (Fsp3) is 0.444. The highest BCUT2D eigenvalue weighted by atomic mass is 28.4. The molecule has 172 valence electrons. The average molecular weight is 453 g/mol. The highest BCUT2D eigenvalue weighted by molar-refractivity contribution is 6.99. The first-order chi connectivity index (χ1) is 15.3. The number of ether oxygens (including phenoxy) is 1. The lowest BCUT2D eigenvalue weighted by atomic mass is 9.70. The molecule has 0 unspecified atom stereocenters. The number of hydrogen-bond acceptors (Lipinski definition) is 4. The summed E-state index contributed by atoms with van der Waals surface area (Å²) < 4.78 is 12.8. The Balaban J connectivity index is 2.09. The number of methoxy groups -OCH3 is 1. The average Bonchev–Trinajstić information content (AvgIpc) is 2.79. The van der Waals surface area contributed by atoms with Gasteiger partial charge in [-0.1, -0.05) is 87.5 Å². The van der Waals surface area contributed by atoms with E-state index in [0.29, 0.717) is 13.0 Å². The summed E-state index contributed by atoms with van der Waals surface area (Å²) in [5.74, 6) is -0.661. The predicted molar refractivity (Wildman–Crippen MR) is 132 cm³/mol. The van der Waals surface area contributed by atoms with E-state index in [-0.39, 0.29) is 22.8 Å². The van der Waals surface area contributed by atoms with Gasteiger partial charge in [-0.2, -0.15) is 0 Å². The Hall–Kier alpha value is -2.05. The molecule has 2 aromatic rings. The number of benzene rings is 2. The van der Waals surface area contributed by atoms with E-state index in [1.807, 2.05) is 12.1 Å². The van der Waals surface area contributed by atoms with Crippen LogP contribution in [0.5, 0.6) is 0 Å². The number of carbonyl (C=O) groups is 1. The van der Waals surface area contributed by atoms with Crippen molar-refractivity contribution in [3.05, 3.63) is 73.3 Å². The number of carbonyl (C=O) groups excluding carboxylic acids is 1. The van der Waals surface area contributed by atoms with Gasteiger partial charge in [0.2, 0.25) is 0 Å². The van der Waals surface area contributed by atoms with Crippen LogP contribution >= 0.6 is 0 Å². The van der Waals surface area contributed by atoms with Gasteiger partial charge < -0.3 is 19.1 Å². The molecular weight excluding hydrogens is 416 g/mol. The van der Waals surface area contributed by atoms with E-state index in [2.05, 4.69) is 75.9 Å². The van der Waals surface area contributed by atoms with Crippen LogP contribution in [0.2, 0.25) is 5.04 Å². The van der Waals surface area contributed by atoms with Crippen molar-refractivity contribution in [1.29, 1.82) is 0 Å². The van der Waals surface area contributed by atoms with E-state index < -0.39 is 20.5 Å². The van der Waals surface area contributed by atoms with E-state index in [0.717, 1.165) is 6.29 Å². The molecule has 5 atom stereocenters. The number of rotatable bonds is 8. The lowest BCUT2D eigenvalue weighted by Crippen LogP contribution is -2.67. The molecule has 0 bridgehead atoms. The fourth-order valence-corrected chi connectivity index (χ4v) is 9.97. The molecular formula is C27H36O4Si. The molecule has 32 heavy (non-hydrogen) atoms. The van der Waals surface area contributed by atoms with Gasteiger partial charge in [0.25, 0.3) is 8.32 Å². The first-order valence-electron chi connectivity index (χ1n) is 11.3. The highest BCUT2D eigenvalue weighted by Crippen LogP contribution is 2.40. The third-order valence-electron chi connectivity index (χ3n) is 6.94. The van der Waals surface area contributed by atoms with Gasteiger partial charge in [0.15, 0.2) is 0 Å². The van der Waals surface area contributed by atoms with Gasteiger partial charge in [-0.3, -0.25) is 0 Å². The first kappa shape index (κ1) is 24.6. The molecule has 4 nitrogen and oxygen atoms in total. The van der Waals surface area contributed by atoms with Crippen molar-refractivity contribution in [3.8, 4) is 0 Å². The van der Waals surface area contributed by atoms with Gasteiger partial charge in [0, 0.05) is 25.6 Å². The first-order valence-corrected chi connectivity index (χ1v) is 13.2. The van der Waals surface area contributed by atoms with Crippen molar-refractivity contribution in [2.75, 3.05) is 13.7 Å². The van der Waals surface area contributed by atoms with Crippen LogP contribution in [-0.4, -0.2) is 45.6 Å². The van der Waals surface area contributed by atoms with E-state index in [1.54, 1.807) is 13.2 Å². The summed E-state index contributed by atoms with van der Waals surface area (Å²) in [6.45, 7) is 10.9. The Labute approximate surface area is 193 Å². The van der Waals surface area contributed by atoms with Gasteiger partial charge in [-0.15, -0.1) is 6.58 Å². The van der Waals surface area contributed by atoms with Crippen LogP contribution in [0.15, 0.2) is 73.3 Å². The molecule has 2 aromatic carbocycles. The fourth-order valence-electron chi connectivity index (χ4n) is 5.37. The molecule has 1 aliphatic rings. The van der Waals surface area contributed by atoms with E-state index in [4.69, 9.17) is 9.16 Å². The van der Waals surface area contributed by atoms with Gasteiger partial charge in [-0.05, 0) is 27.8 Å². The van der Waals surface area contributed by atoms with E-state index in [1.165, 1.54) is 10.4 Å². The van der Waals surface area contributed by atoms with Gasteiger partial charge in [0.1, 0.15) is 6.29 Å². The second kappa shape index (κ2) is 10.3. The minimum absolute atomic E-state index is 0.0957. The maximum absolute atomic E-state index is 12.1. The van der Waals surface area contributed by atoms with Crippen LogP contribution in [0.4, 0.5) is 0 Å². The Morgan fingerprint density at radius 1 is 1.06 bits per heavy atom. The Bertz CT molecular complexity index is 838. The molecule has 1 aliphatic carbocycles. The van der Waals surface area contributed by atoms with Gasteiger partial charge in [-0.25, -0.2) is 0 Å². The number of aldehydes is 1. The predicted octanol–water partition coefficient (Wildman–Crippen LogP) is 3.58. The molecule has 0 aromatic heterocycles. The molecule has 0 aliphatic heterocycles. The van der Waals surface area contributed by atoms with Crippen molar-refractivity contribution in [1.82, 2.24) is 0 Å². The van der Waals surface area contributed by atoms with Crippen LogP contribution < -0.4 is 10.4 Å². The largest absolute Gasteiger partial charge is 0.407 e. The molecule has 0 radical (unpaired) electrons. The topological polar surface area (TPSA) is 55.8 Å². The number of aliphatic hydroxyl groups excluding tert-OH is 1. The minimum Gasteiger partial charge on any atom is -0.407 e. The second-order valence-corrected chi connectivity index (χ2v) is 14.1. The van der Waals surface area contributed by atoms with Gasteiger partial charge >= 0.3 is 0 Å². The molecule has 1 N–H and O–H groups in total. The van der Waals surface area contributed by atoms with Crippen molar-refractivity contribution >= 4 is 25.0 Å². The maximum Gasteiger partial charge on any atom is 0.261 e. The zero-order chi connectivity index (χ0) is 23.4. The lowest BCUT2D eigenvalue weighted by Gasteiger charge is -2.47. The zero-order valence-electron chi connectivity index (χ0n) is 19.6. The molecule has 0 saturated heterocycles. The second-order valence-electron chi connectivity index (χ2n) is 9.75. The normalized spacial score (nSPS) is 26.5. The Kier molecular flexibility index (Phi) is 7.88. The highest BCUT2D eigenvalue weighted by Gasteiger charge is 2.52. The molecule has 1 fully saturated rings. The number of allylic oxidation sites excluding steroid dienone is 1. The van der Waals surface area contributed by atoms with E-state index >= 15 is 0 Å². The van der Waals surface area contributed by atoms with Crippen LogP contribution in [0.25, 0.3) is 0 Å². The number of hydrogen-bond donors (Lipinski definition) is 1. The quantitative estimate of drug-likeness (QED) is 0.378. The lowest BCUT2D eigenvalue weighted by molar-refractivity contribution is -0.133. The standard InChI is InChI=1S/C27H36O4Si/c1-6-20-17-25(29)26(30-5)24(23(20)18-28)19-31-32(27(2,3)4,21-13-9-7-10-14-21)22-15-11-8-12-16-22/h6-16,18,20,23-26,29H,1,17,19H2,2-5H3/t20-,23-,24-,25+,26+/m0/s1. The van der Waals surface area contributed by atoms with Crippen LogP contribution in [0, 0.1) is 17.8 Å². The van der Waals surface area contributed by atoms with Gasteiger partial charge in [0.05, 0.1) is 12.2 Å². The van der Waals surface area contributed by atoms with E-state index in [9.17, 15) is 9.90 Å². The Morgan fingerprint density at radius 3 is 2.00 bits per heavy atom. The smallest absolute Gasteiger partial charge is 0.261 e. The summed E-state index contributed by atoms with van der Waals surface area (Å²) in [5.41, 5.74) is 0. The molecule has 1 saturated carbocycles. The van der Waals surface area contributed by atoms with Crippen LogP contribution in [-0.2, 0) is 14.0 Å². The summed E-state index contributed by atoms with van der Waals surface area (Å²) in [7, 11) is -1.15. The van der Waals surface area contributed by atoms with Crippen molar-refractivity contribution in [2.24, 2.45) is 17.8 Å². The summed E-state index contributed by atoms with van der Waals surface area (Å²) in [6, 6.07) is 20.9. The van der Waals surface area contributed by atoms with Crippen LogP contribution in [0.3, 0.4) is 0 Å². The molecule has 3 rings (SSSR count). The molecule has 0 amide bonds. The Morgan fingerprint density at radius 2 is 1.59 bits per heavy atom. The third kappa shape index (κ3) is 4.53. The van der Waals surface area contributed by atoms with Crippen molar-refractivity contribution in [2.45, 2.75) is 44.4 Å². The minimum atomic E-state index is -2.75. The summed E-state index contributed by atoms with van der Waals surface area (Å²) in [6.07, 6.45) is 2.13. The monoisotopic (exact) mass is 452 g/mol. The summed E-state index contributed by atoms with van der Waals surface area (Å²) in [5, 5.41) is 13.0. The third-order valence-corrected chi connectivity index (χ3v) is 11.9. The summed E-state index contributed by atoms with van der Waals surface area (Å²) in [4.78, 5) is 12.1. The van der Waals surface area contributed by atoms with Crippen molar-refractivity contribution < 1.29 is 19.1 Å². The molecule has 5 heteroatoms. The molecule has 0 heterocycles. The maximum atomic E-state index is 12.1. The van der Waals surface area contributed by atoms with Crippen LogP contribution in [0.1, 0.15) is 27.2 Å². The number of aliphatic hydroxyl groups is 1. The zero-order valence-corrected chi connectivity index (χ0v) is 20.6.